The molecule has 22 heavy (non-hydrogen) atoms. The smallest absolute Gasteiger partial charge is 0.267 e. The minimum absolute atomic E-state index is 0.00164. The Hall–Kier alpha value is -2.76. The maximum Gasteiger partial charge on any atom is 0.281 e. The molecule has 3 aromatic rings. The lowest BCUT2D eigenvalue weighted by atomic mass is 10.0. The van der Waals surface area contributed by atoms with Gasteiger partial charge in [-0.2, -0.15) is 5.10 Å². The van der Waals surface area contributed by atoms with E-state index >= 15 is 0 Å². The van der Waals surface area contributed by atoms with Crippen LogP contribution >= 0.6 is 0 Å². The van der Waals surface area contributed by atoms with Crippen LogP contribution in [0, 0.1) is 0 Å². The van der Waals surface area contributed by atoms with E-state index in [1.54, 1.807) is 10.9 Å². The molecule has 0 N–H and O–H groups in total. The molecule has 4 rings (SSSR count). The number of hydrogen-bond donors (Lipinski definition) is 0. The van der Waals surface area contributed by atoms with Crippen molar-refractivity contribution in [2.24, 2.45) is 0 Å². The standard InChI is InChI=1S/C16H15N5O/c22-16-14-11-17-20(12-7-3-1-4-8-12)15(14)18-19-21(16)13-9-5-2-6-10-13/h1,3-5,7-9,11,13H,2,6,10H2/t13-/m1/s1. The largest absolute Gasteiger partial charge is 0.281 e. The molecule has 0 saturated heterocycles. The summed E-state index contributed by atoms with van der Waals surface area (Å²) in [5, 5.41) is 13.2. The summed E-state index contributed by atoms with van der Waals surface area (Å²) in [7, 11) is 0. The van der Waals surface area contributed by atoms with E-state index in [0.717, 1.165) is 24.9 Å². The van der Waals surface area contributed by atoms with Gasteiger partial charge in [0.15, 0.2) is 5.65 Å². The number of para-hydroxylation sites is 1. The minimum atomic E-state index is -0.135. The zero-order chi connectivity index (χ0) is 14.9. The molecule has 2 aromatic heterocycles. The maximum atomic E-state index is 12.6. The van der Waals surface area contributed by atoms with E-state index in [4.69, 9.17) is 0 Å². The number of fused-ring (bicyclic) bond motifs is 1. The van der Waals surface area contributed by atoms with Crippen LogP contribution in [0.15, 0.2) is 53.5 Å². The van der Waals surface area contributed by atoms with Gasteiger partial charge in [-0.25, -0.2) is 9.36 Å². The first-order valence-corrected chi connectivity index (χ1v) is 7.40. The van der Waals surface area contributed by atoms with Crippen LogP contribution in [0.25, 0.3) is 16.7 Å². The fourth-order valence-electron chi connectivity index (χ4n) is 2.82. The molecule has 0 aliphatic heterocycles. The Labute approximate surface area is 126 Å². The Balaban J connectivity index is 1.86. The van der Waals surface area contributed by atoms with Gasteiger partial charge in [0.2, 0.25) is 0 Å². The van der Waals surface area contributed by atoms with Crippen LogP contribution in [0.2, 0.25) is 0 Å². The van der Waals surface area contributed by atoms with E-state index in [9.17, 15) is 4.79 Å². The number of allylic oxidation sites excluding steroid dienone is 2. The van der Waals surface area contributed by atoms with Crippen molar-refractivity contribution in [1.82, 2.24) is 24.8 Å². The van der Waals surface area contributed by atoms with Gasteiger partial charge in [0.25, 0.3) is 5.56 Å². The van der Waals surface area contributed by atoms with Crippen molar-refractivity contribution in [3.8, 4) is 5.69 Å². The van der Waals surface area contributed by atoms with Crippen LogP contribution in [0.1, 0.15) is 25.3 Å². The predicted octanol–water partition coefficient (Wildman–Crippen LogP) is 2.26. The fourth-order valence-corrected chi connectivity index (χ4v) is 2.82. The number of nitrogens with zero attached hydrogens (tertiary/aromatic N) is 5. The Morgan fingerprint density at radius 2 is 2.05 bits per heavy atom. The van der Waals surface area contributed by atoms with Gasteiger partial charge >= 0.3 is 0 Å². The summed E-state index contributed by atoms with van der Waals surface area (Å²) in [5.74, 6) is 0. The topological polar surface area (TPSA) is 65.6 Å². The molecule has 110 valence electrons. The lowest BCUT2D eigenvalue weighted by Gasteiger charge is -2.16. The Kier molecular flexibility index (Phi) is 3.07. The molecular weight excluding hydrogens is 278 g/mol. The molecule has 0 radical (unpaired) electrons. The molecule has 0 saturated carbocycles. The van der Waals surface area contributed by atoms with Gasteiger partial charge in [-0.1, -0.05) is 35.6 Å². The van der Waals surface area contributed by atoms with Gasteiger partial charge in [-0.3, -0.25) is 4.79 Å². The minimum Gasteiger partial charge on any atom is -0.267 e. The van der Waals surface area contributed by atoms with Crippen molar-refractivity contribution >= 4 is 11.0 Å². The number of aromatic nitrogens is 5. The summed E-state index contributed by atoms with van der Waals surface area (Å²) < 4.78 is 3.11. The SMILES string of the molecule is O=c1c2cnn(-c3ccccc3)c2nnn1[C@@H]1C=CCCC1. The Morgan fingerprint density at radius 3 is 2.82 bits per heavy atom. The van der Waals surface area contributed by atoms with Crippen LogP contribution < -0.4 is 5.56 Å². The van der Waals surface area contributed by atoms with Gasteiger partial charge in [0.05, 0.1) is 17.9 Å². The summed E-state index contributed by atoms with van der Waals surface area (Å²) in [4.78, 5) is 12.6. The van der Waals surface area contributed by atoms with Gasteiger partial charge < -0.3 is 0 Å². The van der Waals surface area contributed by atoms with Crippen LogP contribution in [-0.4, -0.2) is 24.8 Å². The average molecular weight is 293 g/mol. The van der Waals surface area contributed by atoms with Gasteiger partial charge in [0.1, 0.15) is 5.39 Å². The first-order chi connectivity index (χ1) is 10.8. The molecule has 1 aromatic carbocycles. The van der Waals surface area contributed by atoms with Crippen molar-refractivity contribution < 1.29 is 0 Å². The zero-order valence-electron chi connectivity index (χ0n) is 12.0. The maximum absolute atomic E-state index is 12.6. The molecule has 0 fully saturated rings. The summed E-state index contributed by atoms with van der Waals surface area (Å²) >= 11 is 0. The van der Waals surface area contributed by atoms with E-state index in [-0.39, 0.29) is 11.6 Å². The highest BCUT2D eigenvalue weighted by molar-refractivity contribution is 5.74. The summed E-state index contributed by atoms with van der Waals surface area (Å²) in [5.41, 5.74) is 1.22. The third kappa shape index (κ3) is 2.04. The number of hydrogen-bond acceptors (Lipinski definition) is 4. The third-order valence-electron chi connectivity index (χ3n) is 3.96. The molecule has 0 unspecified atom stereocenters. The summed E-state index contributed by atoms with van der Waals surface area (Å²) in [6.07, 6.45) is 8.75. The van der Waals surface area contributed by atoms with Gasteiger partial charge in [-0.05, 0) is 31.4 Å². The highest BCUT2D eigenvalue weighted by Crippen LogP contribution is 2.20. The van der Waals surface area contributed by atoms with Crippen molar-refractivity contribution in [1.29, 1.82) is 0 Å². The highest BCUT2D eigenvalue weighted by Gasteiger charge is 2.18. The first kappa shape index (κ1) is 12.9. The highest BCUT2D eigenvalue weighted by atomic mass is 16.1. The lowest BCUT2D eigenvalue weighted by molar-refractivity contribution is 0.438. The molecule has 0 amide bonds. The van der Waals surface area contributed by atoms with Crippen molar-refractivity contribution in [2.75, 3.05) is 0 Å². The zero-order valence-corrected chi connectivity index (χ0v) is 12.0. The quantitative estimate of drug-likeness (QED) is 0.680. The normalized spacial score (nSPS) is 17.9. The molecule has 0 spiro atoms. The summed E-state index contributed by atoms with van der Waals surface area (Å²) in [6.45, 7) is 0. The monoisotopic (exact) mass is 293 g/mol. The third-order valence-corrected chi connectivity index (χ3v) is 3.96. The molecule has 6 nitrogen and oxygen atoms in total. The fraction of sp³-hybridized carbons (Fsp3) is 0.250. The molecule has 1 aliphatic rings. The molecule has 1 aliphatic carbocycles. The second-order valence-electron chi connectivity index (χ2n) is 5.39. The molecule has 6 heteroatoms. The predicted molar refractivity (Wildman–Crippen MR) is 82.9 cm³/mol. The van der Waals surface area contributed by atoms with Crippen LogP contribution in [0.5, 0.6) is 0 Å². The van der Waals surface area contributed by atoms with E-state index in [1.165, 1.54) is 4.68 Å². The Bertz CT molecular complexity index is 894. The molecular formula is C16H15N5O. The lowest BCUT2D eigenvalue weighted by Crippen LogP contribution is -2.28. The number of benzene rings is 1. The van der Waals surface area contributed by atoms with E-state index in [2.05, 4.69) is 21.5 Å². The Morgan fingerprint density at radius 1 is 1.18 bits per heavy atom. The molecule has 2 heterocycles. The average Bonchev–Trinajstić information content (AvgIpc) is 3.02. The van der Waals surface area contributed by atoms with Crippen molar-refractivity contribution in [3.63, 3.8) is 0 Å². The van der Waals surface area contributed by atoms with Gasteiger partial charge in [0, 0.05) is 0 Å². The second kappa shape index (κ2) is 5.22. The molecule has 0 bridgehead atoms. The van der Waals surface area contributed by atoms with E-state index < -0.39 is 0 Å². The second-order valence-corrected chi connectivity index (χ2v) is 5.39. The van der Waals surface area contributed by atoms with Gasteiger partial charge in [-0.15, -0.1) is 5.10 Å². The van der Waals surface area contributed by atoms with Crippen molar-refractivity contribution in [2.45, 2.75) is 25.3 Å². The van der Waals surface area contributed by atoms with E-state index in [1.807, 2.05) is 36.4 Å². The van der Waals surface area contributed by atoms with Crippen molar-refractivity contribution in [3.05, 3.63) is 59.0 Å². The van der Waals surface area contributed by atoms with Crippen LogP contribution in [-0.2, 0) is 0 Å². The van der Waals surface area contributed by atoms with Crippen LogP contribution in [0.4, 0.5) is 0 Å². The molecule has 1 atom stereocenters. The van der Waals surface area contributed by atoms with Crippen LogP contribution in [0.3, 0.4) is 0 Å². The summed E-state index contributed by atoms with van der Waals surface area (Å²) in [6, 6.07) is 9.61. The van der Waals surface area contributed by atoms with E-state index in [0.29, 0.717) is 11.0 Å². The number of rotatable bonds is 2. The first-order valence-electron chi connectivity index (χ1n) is 7.40.